The molecule has 6 N–H and O–H groups in total. The second kappa shape index (κ2) is 16.2. The van der Waals surface area contributed by atoms with Gasteiger partial charge >= 0.3 is 5.79 Å². The zero-order valence-electron chi connectivity index (χ0n) is 36.9. The number of methoxy groups -OCH3 is 1. The van der Waals surface area contributed by atoms with Crippen molar-refractivity contribution >= 4 is 44.9 Å². The normalized spacial score (nSPS) is 33.6. The molecule has 0 unspecified atom stereocenters. The number of rotatable bonds is 2. The van der Waals surface area contributed by atoms with E-state index in [1.54, 1.807) is 45.1 Å². The van der Waals surface area contributed by atoms with Crippen LogP contribution in [0.2, 0.25) is 0 Å². The summed E-state index contributed by atoms with van der Waals surface area (Å²) in [7, 11) is 1.47. The minimum Gasteiger partial charge on any atom is -0.507 e. The second-order valence-electron chi connectivity index (χ2n) is 17.9. The maximum absolute atomic E-state index is 14.8. The van der Waals surface area contributed by atoms with Crippen LogP contribution in [-0.2, 0) is 19.0 Å². The minimum atomic E-state index is -2.03. The molecular formula is C47H56N4O12. The monoisotopic (exact) mass is 868 g/mol. The Morgan fingerprint density at radius 3 is 2.33 bits per heavy atom. The van der Waals surface area contributed by atoms with Crippen LogP contribution in [0.3, 0.4) is 0 Å². The third-order valence-electron chi connectivity index (χ3n) is 13.9. The highest BCUT2D eigenvalue weighted by Crippen LogP contribution is 2.51. The Bertz CT molecular complexity index is 2630. The van der Waals surface area contributed by atoms with Crippen LogP contribution >= 0.6 is 0 Å². The molecule has 1 aliphatic carbocycles. The molecule has 16 nitrogen and oxygen atoms in total. The van der Waals surface area contributed by atoms with Crippen LogP contribution in [0.4, 0.5) is 11.4 Å². The molecule has 2 aromatic rings. The smallest absolute Gasteiger partial charge is 0.312 e. The molecule has 10 atom stereocenters. The number of allylic oxidation sites excluding steroid dienone is 2. The van der Waals surface area contributed by atoms with E-state index in [0.717, 1.165) is 13.1 Å². The number of aromatic hydroxyl groups is 2. The molecule has 0 aromatic heterocycles. The SMILES string of the molecule is CO[C@H]1/C=C/O[C@@]2(C)Oc3c(C)c(O)c4c(=O)c(c5oc6cc(N7CCNCC7)cc(O)c6nc-5c4c3C2=O)NC(=O)/C(C)=C\C=C\[C@]2(C)O[C@H]([C@@H](C)[C@@H](O)[C@@H](C)[C@H](O)[C@@H]1C)[C@H]2C. The number of piperazine rings is 1. The first kappa shape index (κ1) is 44.1. The quantitative estimate of drug-likeness (QED) is 0.111. The van der Waals surface area contributed by atoms with E-state index >= 15 is 0 Å². The summed E-state index contributed by atoms with van der Waals surface area (Å²) in [5, 5.41) is 51.9. The van der Waals surface area contributed by atoms with E-state index in [1.807, 2.05) is 26.8 Å². The Morgan fingerprint density at radius 1 is 0.952 bits per heavy atom. The fourth-order valence-corrected chi connectivity index (χ4v) is 9.51. The summed E-state index contributed by atoms with van der Waals surface area (Å²) in [6.45, 7) is 16.6. The second-order valence-corrected chi connectivity index (χ2v) is 17.9. The number of benzene rings is 3. The predicted octanol–water partition coefficient (Wildman–Crippen LogP) is 5.29. The van der Waals surface area contributed by atoms with Crippen molar-refractivity contribution < 1.29 is 53.4 Å². The molecular weight excluding hydrogens is 813 g/mol. The molecule has 63 heavy (non-hydrogen) atoms. The van der Waals surface area contributed by atoms with E-state index in [-0.39, 0.29) is 85.2 Å². The van der Waals surface area contributed by atoms with Crippen LogP contribution in [-0.4, -0.2) is 106 Å². The van der Waals surface area contributed by atoms with E-state index in [0.29, 0.717) is 18.8 Å². The summed E-state index contributed by atoms with van der Waals surface area (Å²) in [6, 6.07) is 3.25. The largest absolute Gasteiger partial charge is 0.507 e. The lowest BCUT2D eigenvalue weighted by Crippen LogP contribution is -2.60. The van der Waals surface area contributed by atoms with Crippen molar-refractivity contribution in [1.82, 2.24) is 10.3 Å². The molecule has 8 aliphatic heterocycles. The number of aliphatic hydroxyl groups is 2. The van der Waals surface area contributed by atoms with Gasteiger partial charge in [0.15, 0.2) is 11.3 Å². The van der Waals surface area contributed by atoms with Crippen molar-refractivity contribution in [2.75, 3.05) is 43.5 Å². The maximum atomic E-state index is 14.8. The number of aromatic nitrogens is 1. The minimum absolute atomic E-state index is 0.00669. The number of amides is 1. The first-order valence-electron chi connectivity index (χ1n) is 21.4. The van der Waals surface area contributed by atoms with Gasteiger partial charge in [-0.05, 0) is 26.8 Å². The summed E-state index contributed by atoms with van der Waals surface area (Å²) < 4.78 is 30.9. The lowest BCUT2D eigenvalue weighted by molar-refractivity contribution is -0.251. The number of nitrogens with one attached hydrogen (secondary N) is 2. The molecule has 1 amide bonds. The molecule has 2 aromatic carbocycles. The van der Waals surface area contributed by atoms with E-state index in [4.69, 9.17) is 28.3 Å². The highest BCUT2D eigenvalue weighted by atomic mass is 16.7. The van der Waals surface area contributed by atoms with Crippen LogP contribution in [0.15, 0.2) is 57.5 Å². The molecule has 0 spiro atoms. The number of anilines is 2. The Balaban J connectivity index is 1.32. The Morgan fingerprint density at radius 2 is 1.65 bits per heavy atom. The van der Waals surface area contributed by atoms with E-state index in [1.165, 1.54) is 33.3 Å². The molecule has 9 aliphatic rings. The number of fused-ring (bicyclic) bond motifs is 1. The van der Waals surface area contributed by atoms with Gasteiger partial charge in [0, 0.05) is 98.2 Å². The lowest BCUT2D eigenvalue weighted by Gasteiger charge is -2.54. The summed E-state index contributed by atoms with van der Waals surface area (Å²) >= 11 is 0. The standard InChI is InChI=1S/C47H56N4O12/c1-21-11-10-13-46(7)26(6)41(62-46)24(4)38(54)23(3)37(53)22(2)29(59-9)12-18-60-47(8)44(57)33-31-32(39(55)25(5)42(33)63-47)40(56)36(50-45(21)58)43-35(31)49-34-28(52)19-27(20-30(34)61-43)51-16-14-48-15-17-51/h10-13,18-20,22-24,26,29,37-38,41,48,52-55H,14-17H2,1-9H3,(H,50,58)/b13-10+,18-12+,21-11-/t22-,23+,24+,26-,29+,37-,38+,41-,46+,47+/m1/s1. The first-order valence-corrected chi connectivity index (χ1v) is 21.4. The molecule has 336 valence electrons. The van der Waals surface area contributed by atoms with Gasteiger partial charge in [-0.3, -0.25) is 14.4 Å². The van der Waals surface area contributed by atoms with Gasteiger partial charge in [0.2, 0.25) is 5.43 Å². The number of hydrogen-bond donors (Lipinski definition) is 6. The number of ketones is 1. The number of carbonyl (C=O) groups excluding carboxylic acids is 2. The van der Waals surface area contributed by atoms with Crippen molar-refractivity contribution in [3.05, 3.63) is 69.6 Å². The fraction of sp³-hybridized carbons (Fsp3) is 0.489. The molecule has 2 fully saturated rings. The molecule has 7 bridgehead atoms. The number of hydrogen-bond acceptors (Lipinski definition) is 15. The average Bonchev–Trinajstić information content (AvgIpc) is 3.54. The highest BCUT2D eigenvalue weighted by Gasteiger charge is 2.53. The van der Waals surface area contributed by atoms with Gasteiger partial charge in [0.25, 0.3) is 11.7 Å². The van der Waals surface area contributed by atoms with E-state index in [9.17, 15) is 34.8 Å². The summed E-state index contributed by atoms with van der Waals surface area (Å²) in [6.07, 6.45) is 4.81. The van der Waals surface area contributed by atoms with Crippen molar-refractivity contribution in [3.8, 4) is 28.7 Å². The van der Waals surface area contributed by atoms with Crippen molar-refractivity contribution in [1.29, 1.82) is 0 Å². The predicted molar refractivity (Wildman–Crippen MR) is 235 cm³/mol. The molecule has 16 heteroatoms. The number of phenols is 2. The molecule has 8 heterocycles. The third-order valence-corrected chi connectivity index (χ3v) is 13.9. The van der Waals surface area contributed by atoms with Gasteiger partial charge in [-0.1, -0.05) is 45.9 Å². The number of nitrogens with zero attached hydrogens (tertiary/aromatic N) is 2. The Kier molecular flexibility index (Phi) is 11.4. The number of ether oxygens (including phenoxy) is 4. The lowest BCUT2D eigenvalue weighted by atomic mass is 9.70. The van der Waals surface area contributed by atoms with Gasteiger partial charge in [-0.2, -0.15) is 0 Å². The molecule has 0 radical (unpaired) electrons. The van der Waals surface area contributed by atoms with Gasteiger partial charge in [-0.25, -0.2) is 4.98 Å². The summed E-state index contributed by atoms with van der Waals surface area (Å²) in [5.74, 6) is -6.01. The number of phenolic OH excluding ortho intramolecular Hbond substituents is 2. The third kappa shape index (κ3) is 7.21. The Hall–Kier alpha value is -5.52. The van der Waals surface area contributed by atoms with Crippen LogP contribution < -0.4 is 25.7 Å². The first-order chi connectivity index (χ1) is 29.8. The maximum Gasteiger partial charge on any atom is 0.312 e. The zero-order valence-corrected chi connectivity index (χ0v) is 36.9. The van der Waals surface area contributed by atoms with Crippen LogP contribution in [0.1, 0.15) is 64.4 Å². The number of aliphatic hydroxyl groups excluding tert-OH is 2. The van der Waals surface area contributed by atoms with Crippen LogP contribution in [0.5, 0.6) is 17.2 Å². The van der Waals surface area contributed by atoms with Crippen molar-refractivity contribution in [2.45, 2.75) is 91.2 Å². The van der Waals surface area contributed by atoms with E-state index in [2.05, 4.69) is 15.5 Å². The highest BCUT2D eigenvalue weighted by molar-refractivity contribution is 6.22. The van der Waals surface area contributed by atoms with Gasteiger partial charge < -0.3 is 59.3 Å². The molecule has 2 saturated heterocycles. The molecule has 11 rings (SSSR count). The van der Waals surface area contributed by atoms with E-state index < -0.39 is 64.4 Å². The van der Waals surface area contributed by atoms with Crippen LogP contribution in [0.25, 0.3) is 33.3 Å². The summed E-state index contributed by atoms with van der Waals surface area (Å²) in [5.41, 5.74) is -1.16. The van der Waals surface area contributed by atoms with Gasteiger partial charge in [0.1, 0.15) is 34.1 Å². The van der Waals surface area contributed by atoms with Crippen molar-refractivity contribution in [2.24, 2.45) is 23.7 Å². The number of carbonyl (C=O) groups is 2. The zero-order chi connectivity index (χ0) is 45.4. The molecule has 0 saturated carbocycles. The fourth-order valence-electron chi connectivity index (χ4n) is 9.51. The summed E-state index contributed by atoms with van der Waals surface area (Å²) in [4.78, 5) is 50.4. The van der Waals surface area contributed by atoms with Crippen molar-refractivity contribution in [3.63, 3.8) is 0 Å². The topological polar surface area (TPSA) is 222 Å². The van der Waals surface area contributed by atoms with Gasteiger partial charge in [-0.15, -0.1) is 0 Å². The number of Topliss-reactive ketones (excluding diaryl/α,β-unsaturated/α-hetero) is 1. The van der Waals surface area contributed by atoms with Crippen LogP contribution in [0, 0.1) is 30.6 Å². The Labute approximate surface area is 364 Å². The average molecular weight is 869 g/mol. The van der Waals surface area contributed by atoms with Gasteiger partial charge in [0.05, 0.1) is 47.2 Å².